The normalized spacial score (nSPS) is 21.5. The number of ether oxygens (including phenoxy) is 1. The van der Waals surface area contributed by atoms with Gasteiger partial charge in [-0.25, -0.2) is 4.39 Å². The first-order valence-corrected chi connectivity index (χ1v) is 8.03. The smallest absolute Gasteiger partial charge is 0.191 e. The predicted molar refractivity (Wildman–Crippen MR) is 89.2 cm³/mol. The molecule has 3 N–H and O–H groups in total. The Kier molecular flexibility index (Phi) is 6.62. The molecular weight excluding hydrogens is 321 g/mol. The maximum Gasteiger partial charge on any atom is 0.191 e. The molecule has 1 aromatic carbocycles. The highest BCUT2D eigenvalue weighted by molar-refractivity contribution is 6.30. The largest absolute Gasteiger partial charge is 0.396 e. The molecule has 0 aromatic heterocycles. The first kappa shape index (κ1) is 18.0. The van der Waals surface area contributed by atoms with E-state index in [9.17, 15) is 9.50 Å². The van der Waals surface area contributed by atoms with Gasteiger partial charge in [0.2, 0.25) is 0 Å². The van der Waals surface area contributed by atoms with E-state index in [4.69, 9.17) is 16.3 Å². The second-order valence-electron chi connectivity index (χ2n) is 5.80. The Hall–Kier alpha value is -1.37. The highest BCUT2D eigenvalue weighted by Gasteiger charge is 2.34. The summed E-state index contributed by atoms with van der Waals surface area (Å²) in [6, 6.07) is 4.62. The van der Waals surface area contributed by atoms with Crippen molar-refractivity contribution in [3.8, 4) is 0 Å². The molecule has 128 valence electrons. The highest BCUT2D eigenvalue weighted by Crippen LogP contribution is 2.31. The fourth-order valence-corrected chi connectivity index (χ4v) is 2.84. The number of nitrogens with one attached hydrogen (secondary N) is 2. The van der Waals surface area contributed by atoms with Crippen molar-refractivity contribution < 1.29 is 14.2 Å². The highest BCUT2D eigenvalue weighted by atomic mass is 35.5. The van der Waals surface area contributed by atoms with Crippen molar-refractivity contribution in [3.63, 3.8) is 0 Å². The number of hydrogen-bond donors (Lipinski definition) is 3. The van der Waals surface area contributed by atoms with Gasteiger partial charge in [0.1, 0.15) is 5.82 Å². The number of aliphatic imine (C=N–C) groups is 1. The van der Waals surface area contributed by atoms with Crippen LogP contribution in [0.4, 0.5) is 4.39 Å². The van der Waals surface area contributed by atoms with Crippen LogP contribution in [0.25, 0.3) is 0 Å². The Balaban J connectivity index is 1.86. The third-order valence-electron chi connectivity index (χ3n) is 4.13. The Morgan fingerprint density at radius 2 is 2.30 bits per heavy atom. The summed E-state index contributed by atoms with van der Waals surface area (Å²) in [5.74, 6) is 0.222. The minimum Gasteiger partial charge on any atom is -0.396 e. The van der Waals surface area contributed by atoms with Crippen LogP contribution in [-0.2, 0) is 11.3 Å². The fraction of sp³-hybridized carbons (Fsp3) is 0.562. The quantitative estimate of drug-likeness (QED) is 0.545. The van der Waals surface area contributed by atoms with Gasteiger partial charge < -0.3 is 20.5 Å². The number of aliphatic hydroxyl groups excluding tert-OH is 1. The molecule has 1 unspecified atom stereocenters. The lowest BCUT2D eigenvalue weighted by molar-refractivity contribution is 0.127. The molecular formula is C16H23ClFN3O2. The van der Waals surface area contributed by atoms with Crippen molar-refractivity contribution in [2.24, 2.45) is 10.4 Å². The zero-order valence-electron chi connectivity index (χ0n) is 13.2. The van der Waals surface area contributed by atoms with Gasteiger partial charge in [-0.1, -0.05) is 17.7 Å². The van der Waals surface area contributed by atoms with Crippen LogP contribution in [-0.4, -0.2) is 44.5 Å². The molecule has 1 aliphatic rings. The second kappa shape index (κ2) is 8.47. The Morgan fingerprint density at radius 3 is 2.91 bits per heavy atom. The first-order valence-electron chi connectivity index (χ1n) is 7.66. The van der Waals surface area contributed by atoms with Gasteiger partial charge in [0, 0.05) is 38.8 Å². The Bertz CT molecular complexity index is 548. The number of aliphatic hydroxyl groups is 1. The number of rotatable bonds is 6. The zero-order valence-corrected chi connectivity index (χ0v) is 14.0. The van der Waals surface area contributed by atoms with E-state index in [0.29, 0.717) is 32.1 Å². The number of benzene rings is 1. The third kappa shape index (κ3) is 5.06. The molecule has 1 fully saturated rings. The number of guanidine groups is 1. The minimum absolute atomic E-state index is 0.0500. The van der Waals surface area contributed by atoms with Gasteiger partial charge in [0.25, 0.3) is 0 Å². The molecule has 1 saturated heterocycles. The van der Waals surface area contributed by atoms with E-state index in [-0.39, 0.29) is 17.0 Å². The van der Waals surface area contributed by atoms with Crippen molar-refractivity contribution in [2.45, 2.75) is 19.4 Å². The van der Waals surface area contributed by atoms with E-state index in [2.05, 4.69) is 15.6 Å². The number of nitrogens with zero attached hydrogens (tertiary/aromatic N) is 1. The Labute approximate surface area is 140 Å². The van der Waals surface area contributed by atoms with Crippen LogP contribution < -0.4 is 10.6 Å². The van der Waals surface area contributed by atoms with Crippen molar-refractivity contribution in [1.82, 2.24) is 10.6 Å². The molecule has 2 rings (SSSR count). The van der Waals surface area contributed by atoms with Crippen LogP contribution in [0.15, 0.2) is 23.2 Å². The molecule has 0 aliphatic carbocycles. The molecule has 1 aliphatic heterocycles. The number of hydrogen-bond acceptors (Lipinski definition) is 3. The van der Waals surface area contributed by atoms with Crippen molar-refractivity contribution in [3.05, 3.63) is 34.6 Å². The maximum absolute atomic E-state index is 13.2. The van der Waals surface area contributed by atoms with Crippen molar-refractivity contribution >= 4 is 17.6 Å². The van der Waals surface area contributed by atoms with E-state index < -0.39 is 5.82 Å². The van der Waals surface area contributed by atoms with Gasteiger partial charge >= 0.3 is 0 Å². The van der Waals surface area contributed by atoms with Crippen molar-refractivity contribution in [2.75, 3.05) is 33.4 Å². The van der Waals surface area contributed by atoms with Gasteiger partial charge in [-0.2, -0.15) is 0 Å². The second-order valence-corrected chi connectivity index (χ2v) is 6.21. The summed E-state index contributed by atoms with van der Waals surface area (Å²) >= 11 is 5.78. The molecule has 0 radical (unpaired) electrons. The van der Waals surface area contributed by atoms with Gasteiger partial charge in [-0.15, -0.1) is 0 Å². The van der Waals surface area contributed by atoms with Crippen LogP contribution in [0, 0.1) is 11.2 Å². The van der Waals surface area contributed by atoms with Crippen LogP contribution in [0.3, 0.4) is 0 Å². The monoisotopic (exact) mass is 343 g/mol. The first-order chi connectivity index (χ1) is 11.1. The van der Waals surface area contributed by atoms with Crippen LogP contribution in [0.2, 0.25) is 5.02 Å². The summed E-state index contributed by atoms with van der Waals surface area (Å²) in [6.45, 7) is 2.68. The fourth-order valence-electron chi connectivity index (χ4n) is 2.64. The summed E-state index contributed by atoms with van der Waals surface area (Å²) < 4.78 is 18.6. The average Bonchev–Trinajstić information content (AvgIpc) is 3.00. The summed E-state index contributed by atoms with van der Waals surface area (Å²) in [5.41, 5.74) is 0.819. The lowest BCUT2D eigenvalue weighted by atomic mass is 9.84. The molecule has 1 heterocycles. The molecule has 7 heteroatoms. The molecule has 23 heavy (non-hydrogen) atoms. The van der Waals surface area contributed by atoms with E-state index >= 15 is 0 Å². The minimum atomic E-state index is -0.426. The third-order valence-corrected chi connectivity index (χ3v) is 4.42. The van der Waals surface area contributed by atoms with Crippen molar-refractivity contribution in [1.29, 1.82) is 0 Å². The molecule has 5 nitrogen and oxygen atoms in total. The van der Waals surface area contributed by atoms with Crippen LogP contribution in [0.5, 0.6) is 0 Å². The predicted octanol–water partition coefficient (Wildman–Crippen LogP) is 1.93. The van der Waals surface area contributed by atoms with Gasteiger partial charge in [0.05, 0.1) is 11.6 Å². The molecule has 1 aromatic rings. The number of halogens is 2. The lowest BCUT2D eigenvalue weighted by Crippen LogP contribution is -2.44. The lowest BCUT2D eigenvalue weighted by Gasteiger charge is -2.27. The SMILES string of the molecule is CN=C(NCc1ccc(F)c(Cl)c1)NCC1(CCO)CCOC1. The van der Waals surface area contributed by atoms with Gasteiger partial charge in [-0.3, -0.25) is 4.99 Å². The van der Waals surface area contributed by atoms with Gasteiger partial charge in [0.15, 0.2) is 5.96 Å². The van der Waals surface area contributed by atoms with E-state index in [1.807, 2.05) is 0 Å². The average molecular weight is 344 g/mol. The Morgan fingerprint density at radius 1 is 1.48 bits per heavy atom. The molecule has 0 saturated carbocycles. The summed E-state index contributed by atoms with van der Waals surface area (Å²) in [7, 11) is 1.69. The zero-order chi connectivity index (χ0) is 16.7. The standard InChI is InChI=1S/C16H23ClFN3O2/c1-19-15(20-9-12-2-3-14(18)13(17)8-12)21-10-16(4-6-22)5-7-23-11-16/h2-3,8,22H,4-7,9-11H2,1H3,(H2,19,20,21). The van der Waals surface area contributed by atoms with Crippen LogP contribution >= 0.6 is 11.6 Å². The van der Waals surface area contributed by atoms with E-state index in [1.165, 1.54) is 6.07 Å². The van der Waals surface area contributed by atoms with Gasteiger partial charge in [-0.05, 0) is 30.5 Å². The summed E-state index contributed by atoms with van der Waals surface area (Å²) in [4.78, 5) is 4.18. The summed E-state index contributed by atoms with van der Waals surface area (Å²) in [5, 5.41) is 15.8. The van der Waals surface area contributed by atoms with Crippen LogP contribution in [0.1, 0.15) is 18.4 Å². The summed E-state index contributed by atoms with van der Waals surface area (Å²) in [6.07, 6.45) is 1.62. The molecule has 0 spiro atoms. The maximum atomic E-state index is 13.2. The van der Waals surface area contributed by atoms with E-state index in [0.717, 1.165) is 18.6 Å². The van der Waals surface area contributed by atoms with E-state index in [1.54, 1.807) is 19.2 Å². The molecule has 1 atom stereocenters. The molecule has 0 amide bonds. The topological polar surface area (TPSA) is 65.9 Å². The molecule has 0 bridgehead atoms.